The van der Waals surface area contributed by atoms with Crippen LogP contribution in [0.25, 0.3) is 16.7 Å². The first-order chi connectivity index (χ1) is 11.8. The molecule has 4 rings (SSSR count). The summed E-state index contributed by atoms with van der Waals surface area (Å²) in [5.74, 6) is 1.43. The molecule has 0 aliphatic heterocycles. The van der Waals surface area contributed by atoms with Gasteiger partial charge in [-0.25, -0.2) is 0 Å². The third kappa shape index (κ3) is 2.37. The summed E-state index contributed by atoms with van der Waals surface area (Å²) in [6, 6.07) is 16.4. The van der Waals surface area contributed by atoms with Crippen molar-refractivity contribution in [2.24, 2.45) is 0 Å². The number of ether oxygens (including phenoxy) is 1. The standard InChI is InChI=1S/C18H17N5O/c1-22(14-7-5-6-13(10-14)11-24-2)17-15-8-3-4-9-16(15)23-12-19-21-18(23)20-17/h3-10,12H,11H2,1-2H3. The lowest BCUT2D eigenvalue weighted by Gasteiger charge is -2.21. The molecule has 120 valence electrons. The second-order valence-electron chi connectivity index (χ2n) is 5.62. The van der Waals surface area contributed by atoms with Gasteiger partial charge in [0.05, 0.1) is 12.1 Å². The molecule has 2 aromatic heterocycles. The summed E-state index contributed by atoms with van der Waals surface area (Å²) in [5.41, 5.74) is 3.20. The van der Waals surface area contributed by atoms with Crippen molar-refractivity contribution in [1.29, 1.82) is 0 Å². The first-order valence-electron chi connectivity index (χ1n) is 7.68. The van der Waals surface area contributed by atoms with Crippen LogP contribution in [-0.2, 0) is 11.3 Å². The largest absolute Gasteiger partial charge is 0.380 e. The number of fused-ring (bicyclic) bond motifs is 3. The van der Waals surface area contributed by atoms with Crippen molar-refractivity contribution in [3.8, 4) is 0 Å². The van der Waals surface area contributed by atoms with Gasteiger partial charge in [0.2, 0.25) is 0 Å². The molecule has 0 fully saturated rings. The molecule has 2 heterocycles. The van der Waals surface area contributed by atoms with Gasteiger partial charge in [0.1, 0.15) is 12.1 Å². The van der Waals surface area contributed by atoms with E-state index in [0.29, 0.717) is 12.4 Å². The van der Waals surface area contributed by atoms with Crippen LogP contribution < -0.4 is 4.90 Å². The van der Waals surface area contributed by atoms with Gasteiger partial charge in [0, 0.05) is 25.2 Å². The quantitative estimate of drug-likeness (QED) is 0.578. The molecule has 0 saturated carbocycles. The molecule has 0 unspecified atom stereocenters. The summed E-state index contributed by atoms with van der Waals surface area (Å²) in [5, 5.41) is 9.13. The van der Waals surface area contributed by atoms with Crippen LogP contribution >= 0.6 is 0 Å². The fraction of sp³-hybridized carbons (Fsp3) is 0.167. The lowest BCUT2D eigenvalue weighted by Crippen LogP contribution is -2.13. The highest BCUT2D eigenvalue weighted by molar-refractivity contribution is 5.93. The number of para-hydroxylation sites is 1. The van der Waals surface area contributed by atoms with Gasteiger partial charge < -0.3 is 9.64 Å². The van der Waals surface area contributed by atoms with Crippen molar-refractivity contribution in [3.63, 3.8) is 0 Å². The van der Waals surface area contributed by atoms with Crippen LogP contribution in [0.1, 0.15) is 5.56 Å². The number of rotatable bonds is 4. The molecule has 2 aromatic carbocycles. The monoisotopic (exact) mass is 319 g/mol. The van der Waals surface area contributed by atoms with Gasteiger partial charge >= 0.3 is 0 Å². The Kier molecular flexibility index (Phi) is 3.59. The van der Waals surface area contributed by atoms with E-state index in [0.717, 1.165) is 28.0 Å². The van der Waals surface area contributed by atoms with Crippen LogP contribution in [-0.4, -0.2) is 33.7 Å². The van der Waals surface area contributed by atoms with Crippen molar-refractivity contribution in [2.75, 3.05) is 19.1 Å². The number of hydrogen-bond acceptors (Lipinski definition) is 5. The summed E-state index contributed by atoms with van der Waals surface area (Å²) in [4.78, 5) is 6.76. The Labute approximate surface area is 139 Å². The van der Waals surface area contributed by atoms with Gasteiger partial charge in [-0.15, -0.1) is 10.2 Å². The summed E-state index contributed by atoms with van der Waals surface area (Å²) in [6.07, 6.45) is 1.69. The van der Waals surface area contributed by atoms with Crippen molar-refractivity contribution in [2.45, 2.75) is 6.61 Å². The number of methoxy groups -OCH3 is 1. The van der Waals surface area contributed by atoms with Gasteiger partial charge in [-0.05, 0) is 29.8 Å². The highest BCUT2D eigenvalue weighted by Crippen LogP contribution is 2.30. The van der Waals surface area contributed by atoms with Crippen molar-refractivity contribution in [3.05, 3.63) is 60.4 Å². The summed E-state index contributed by atoms with van der Waals surface area (Å²) in [6.45, 7) is 0.582. The average Bonchev–Trinajstić information content (AvgIpc) is 3.10. The highest BCUT2D eigenvalue weighted by Gasteiger charge is 2.14. The van der Waals surface area contributed by atoms with Crippen LogP contribution in [0.15, 0.2) is 54.9 Å². The van der Waals surface area contributed by atoms with Gasteiger partial charge in [0.15, 0.2) is 0 Å². The molecule has 0 radical (unpaired) electrons. The van der Waals surface area contributed by atoms with E-state index in [1.807, 2.05) is 41.8 Å². The molecule has 0 amide bonds. The molecule has 0 N–H and O–H groups in total. The topological polar surface area (TPSA) is 55.5 Å². The number of aromatic nitrogens is 4. The maximum Gasteiger partial charge on any atom is 0.257 e. The molecule has 0 saturated heterocycles. The minimum Gasteiger partial charge on any atom is -0.380 e. The Morgan fingerprint density at radius 2 is 2.00 bits per heavy atom. The normalized spacial score (nSPS) is 11.2. The minimum atomic E-state index is 0.582. The van der Waals surface area contributed by atoms with Crippen LogP contribution in [0.2, 0.25) is 0 Å². The Morgan fingerprint density at radius 3 is 2.88 bits per heavy atom. The van der Waals surface area contributed by atoms with E-state index >= 15 is 0 Å². The van der Waals surface area contributed by atoms with Crippen molar-refractivity contribution in [1.82, 2.24) is 19.6 Å². The van der Waals surface area contributed by atoms with E-state index in [1.54, 1.807) is 13.4 Å². The Bertz CT molecular complexity index is 1010. The van der Waals surface area contributed by atoms with E-state index in [9.17, 15) is 0 Å². The fourth-order valence-corrected chi connectivity index (χ4v) is 2.90. The number of nitrogens with zero attached hydrogens (tertiary/aromatic N) is 5. The van der Waals surface area contributed by atoms with Crippen LogP contribution in [0.3, 0.4) is 0 Å². The molecular weight excluding hydrogens is 302 g/mol. The first kappa shape index (κ1) is 14.6. The molecule has 0 bridgehead atoms. The third-order valence-corrected chi connectivity index (χ3v) is 4.07. The van der Waals surface area contributed by atoms with Crippen LogP contribution in [0.5, 0.6) is 0 Å². The maximum atomic E-state index is 5.23. The third-order valence-electron chi connectivity index (χ3n) is 4.07. The number of hydrogen-bond donors (Lipinski definition) is 0. The molecule has 0 atom stereocenters. The average molecular weight is 319 g/mol. The second-order valence-corrected chi connectivity index (χ2v) is 5.62. The van der Waals surface area contributed by atoms with E-state index in [4.69, 9.17) is 9.72 Å². The van der Waals surface area contributed by atoms with Gasteiger partial charge in [-0.1, -0.05) is 24.3 Å². The summed E-state index contributed by atoms with van der Waals surface area (Å²) >= 11 is 0. The fourth-order valence-electron chi connectivity index (χ4n) is 2.90. The second kappa shape index (κ2) is 5.90. The minimum absolute atomic E-state index is 0.582. The smallest absolute Gasteiger partial charge is 0.257 e. The molecule has 0 aliphatic carbocycles. The zero-order valence-electron chi connectivity index (χ0n) is 13.5. The maximum absolute atomic E-state index is 5.23. The van der Waals surface area contributed by atoms with Gasteiger partial charge in [0.25, 0.3) is 5.78 Å². The van der Waals surface area contributed by atoms with E-state index in [1.165, 1.54) is 0 Å². The molecule has 6 nitrogen and oxygen atoms in total. The Morgan fingerprint density at radius 1 is 1.12 bits per heavy atom. The molecule has 6 heteroatoms. The number of anilines is 2. The zero-order valence-corrected chi connectivity index (χ0v) is 13.5. The van der Waals surface area contributed by atoms with Crippen LogP contribution in [0, 0.1) is 0 Å². The van der Waals surface area contributed by atoms with E-state index in [2.05, 4.69) is 33.3 Å². The van der Waals surface area contributed by atoms with Gasteiger partial charge in [-0.3, -0.25) is 4.40 Å². The zero-order chi connectivity index (χ0) is 16.5. The lowest BCUT2D eigenvalue weighted by molar-refractivity contribution is 0.185. The molecular formula is C18H17N5O. The molecule has 4 aromatic rings. The number of benzene rings is 2. The summed E-state index contributed by atoms with van der Waals surface area (Å²) in [7, 11) is 3.71. The predicted molar refractivity (Wildman–Crippen MR) is 93.5 cm³/mol. The molecule has 0 aliphatic rings. The predicted octanol–water partition coefficient (Wildman–Crippen LogP) is 3.19. The SMILES string of the molecule is COCc1cccc(N(C)c2nc3nncn3c3ccccc23)c1. The summed E-state index contributed by atoms with van der Waals surface area (Å²) < 4.78 is 7.13. The van der Waals surface area contributed by atoms with Crippen molar-refractivity contribution >= 4 is 28.2 Å². The Hall–Kier alpha value is -2.99. The van der Waals surface area contributed by atoms with Gasteiger partial charge in [-0.2, -0.15) is 4.98 Å². The molecule has 24 heavy (non-hydrogen) atoms. The molecule has 0 spiro atoms. The first-order valence-corrected chi connectivity index (χ1v) is 7.68. The van der Waals surface area contributed by atoms with E-state index in [-0.39, 0.29) is 0 Å². The lowest BCUT2D eigenvalue weighted by atomic mass is 10.1. The van der Waals surface area contributed by atoms with Crippen LogP contribution in [0.4, 0.5) is 11.5 Å². The highest BCUT2D eigenvalue weighted by atomic mass is 16.5. The van der Waals surface area contributed by atoms with Crippen molar-refractivity contribution < 1.29 is 4.74 Å². The Balaban J connectivity index is 1.89. The van der Waals surface area contributed by atoms with E-state index < -0.39 is 0 Å².